The van der Waals surface area contributed by atoms with Crippen LogP contribution < -0.4 is 5.32 Å². The van der Waals surface area contributed by atoms with Gasteiger partial charge in [0.1, 0.15) is 6.07 Å². The molecule has 7 heteroatoms. The Kier molecular flexibility index (Phi) is 6.09. The lowest BCUT2D eigenvalue weighted by Crippen LogP contribution is -2.70. The molecule has 0 aliphatic heterocycles. The molecule has 0 aromatic rings. The first kappa shape index (κ1) is 29.1. The molecule has 0 spiro atoms. The lowest BCUT2D eigenvalue weighted by molar-refractivity contribution is -0.168. The fraction of sp³-hybridized carbons (Fsp3) is 0.758. The standard InChI is InChI=1S/C33H44F2N2O3/c1-27(2)11-13-33(37-26(40)32(8,34)35)14-12-31(7)24(20(33)17-27)21(38)15-23-29(5)16-19(18-36)25(39)28(3,4)22(29)9-10-30(23,31)6/h15-16,20,22,24H,9-14,17H2,1-8H3,(H,37,40)/t20-,22-,24-,29+,30-,31+,33-/m0/s1. The lowest BCUT2D eigenvalue weighted by atomic mass is 9.35. The molecule has 5 nitrogen and oxygen atoms in total. The molecule has 0 heterocycles. The lowest BCUT2D eigenvalue weighted by Gasteiger charge is -2.69. The van der Waals surface area contributed by atoms with Crippen LogP contribution >= 0.6 is 0 Å². The van der Waals surface area contributed by atoms with Gasteiger partial charge < -0.3 is 5.32 Å². The molecular formula is C33H44F2N2O3. The van der Waals surface area contributed by atoms with E-state index >= 15 is 0 Å². The number of carbonyl (C=O) groups excluding carboxylic acids is 3. The van der Waals surface area contributed by atoms with E-state index in [2.05, 4.69) is 46.0 Å². The van der Waals surface area contributed by atoms with Crippen molar-refractivity contribution in [1.82, 2.24) is 5.32 Å². The van der Waals surface area contributed by atoms with E-state index in [0.717, 1.165) is 24.8 Å². The van der Waals surface area contributed by atoms with E-state index in [4.69, 9.17) is 0 Å². The van der Waals surface area contributed by atoms with Gasteiger partial charge in [-0.05, 0) is 79.1 Å². The zero-order chi connectivity index (χ0) is 29.9. The van der Waals surface area contributed by atoms with Crippen molar-refractivity contribution < 1.29 is 23.2 Å². The number of hydrogen-bond acceptors (Lipinski definition) is 4. The number of amides is 1. The number of nitrogens with zero attached hydrogens (tertiary/aromatic N) is 1. The van der Waals surface area contributed by atoms with Crippen LogP contribution in [0.1, 0.15) is 100 Å². The summed E-state index contributed by atoms with van der Waals surface area (Å²) < 4.78 is 28.3. The topological polar surface area (TPSA) is 87.0 Å². The summed E-state index contributed by atoms with van der Waals surface area (Å²) in [6, 6.07) is 2.13. The van der Waals surface area contributed by atoms with Gasteiger partial charge in [0.2, 0.25) is 0 Å². The van der Waals surface area contributed by atoms with E-state index in [-0.39, 0.29) is 34.4 Å². The van der Waals surface area contributed by atoms with Crippen molar-refractivity contribution in [3.8, 4) is 6.07 Å². The molecule has 3 fully saturated rings. The highest BCUT2D eigenvalue weighted by atomic mass is 19.3. The molecule has 5 aliphatic rings. The molecule has 5 aliphatic carbocycles. The van der Waals surface area contributed by atoms with Gasteiger partial charge in [0.05, 0.1) is 5.57 Å². The molecule has 0 radical (unpaired) electrons. The molecule has 0 bridgehead atoms. The minimum atomic E-state index is -3.49. The molecule has 1 N–H and O–H groups in total. The van der Waals surface area contributed by atoms with Crippen molar-refractivity contribution >= 4 is 17.5 Å². The van der Waals surface area contributed by atoms with Gasteiger partial charge in [-0.3, -0.25) is 14.4 Å². The molecule has 3 saturated carbocycles. The fourth-order valence-corrected chi connectivity index (χ4v) is 10.2. The van der Waals surface area contributed by atoms with Gasteiger partial charge >= 0.3 is 5.92 Å². The predicted octanol–water partition coefficient (Wildman–Crippen LogP) is 6.73. The molecule has 0 aromatic carbocycles. The van der Waals surface area contributed by atoms with Gasteiger partial charge in [-0.1, -0.05) is 60.1 Å². The van der Waals surface area contributed by atoms with E-state index in [9.17, 15) is 28.4 Å². The van der Waals surface area contributed by atoms with E-state index in [1.807, 2.05) is 19.9 Å². The average molecular weight is 555 g/mol. The minimum absolute atomic E-state index is 0.0113. The predicted molar refractivity (Wildman–Crippen MR) is 148 cm³/mol. The summed E-state index contributed by atoms with van der Waals surface area (Å²) in [6.45, 7) is 15.3. The average Bonchev–Trinajstić information content (AvgIpc) is 2.83. The molecule has 5 rings (SSSR count). The Balaban J connectivity index is 1.67. The second-order valence-corrected chi connectivity index (χ2v) is 15.8. The number of halogens is 2. The summed E-state index contributed by atoms with van der Waals surface area (Å²) >= 11 is 0. The Labute approximate surface area is 237 Å². The molecule has 0 unspecified atom stereocenters. The van der Waals surface area contributed by atoms with Crippen molar-refractivity contribution in [2.45, 2.75) is 112 Å². The van der Waals surface area contributed by atoms with E-state index in [0.29, 0.717) is 32.6 Å². The number of nitriles is 1. The Bertz CT molecular complexity index is 1300. The highest BCUT2D eigenvalue weighted by Crippen LogP contribution is 2.73. The third-order valence-electron chi connectivity index (χ3n) is 12.6. The molecule has 1 amide bonds. The number of carbonyl (C=O) groups is 3. The highest BCUT2D eigenvalue weighted by molar-refractivity contribution is 6.04. The van der Waals surface area contributed by atoms with Gasteiger partial charge in [-0.25, -0.2) is 0 Å². The zero-order valence-corrected chi connectivity index (χ0v) is 25.3. The highest BCUT2D eigenvalue weighted by Gasteiger charge is 2.70. The van der Waals surface area contributed by atoms with Crippen LogP contribution in [-0.2, 0) is 14.4 Å². The van der Waals surface area contributed by atoms with Crippen LogP contribution in [0.4, 0.5) is 8.78 Å². The van der Waals surface area contributed by atoms with Crippen LogP contribution in [0.2, 0.25) is 0 Å². The Hall–Kier alpha value is -2.36. The number of Topliss-reactive ketones (excluding diaryl/α,β-unsaturated/α-hetero) is 1. The van der Waals surface area contributed by atoms with Crippen molar-refractivity contribution in [1.29, 1.82) is 5.26 Å². The van der Waals surface area contributed by atoms with E-state index < -0.39 is 44.9 Å². The van der Waals surface area contributed by atoms with Crippen LogP contribution in [0, 0.1) is 56.2 Å². The minimum Gasteiger partial charge on any atom is -0.345 e. The maximum absolute atomic E-state index is 14.4. The number of nitrogens with one attached hydrogen (secondary N) is 1. The van der Waals surface area contributed by atoms with Crippen molar-refractivity contribution in [3.63, 3.8) is 0 Å². The number of rotatable bonds is 2. The summed E-state index contributed by atoms with van der Waals surface area (Å²) in [6.07, 6.45) is 8.42. The second kappa shape index (κ2) is 8.35. The monoisotopic (exact) mass is 554 g/mol. The van der Waals surface area contributed by atoms with Crippen molar-refractivity contribution in [2.75, 3.05) is 0 Å². The summed E-state index contributed by atoms with van der Waals surface area (Å²) in [5.74, 6) is -5.62. The smallest absolute Gasteiger partial charge is 0.321 e. The Morgan fingerprint density at radius 3 is 2.25 bits per heavy atom. The molecule has 7 atom stereocenters. The SMILES string of the molecule is CC1(C)CC[C@]2(NC(=O)C(C)(F)F)CC[C@]3(C)[C@H](C(=O)C=C4[C@]5(C)C=C(C#N)C(=O)C(C)(C)[C@@H]5CC[C@@]43C)[C@@H]2C1. The van der Waals surface area contributed by atoms with Gasteiger partial charge in [0, 0.05) is 29.2 Å². The molecular weight excluding hydrogens is 510 g/mol. The van der Waals surface area contributed by atoms with Gasteiger partial charge in [0.25, 0.3) is 5.91 Å². The Morgan fingerprint density at radius 2 is 1.65 bits per heavy atom. The van der Waals surface area contributed by atoms with Crippen LogP contribution in [-0.4, -0.2) is 28.9 Å². The van der Waals surface area contributed by atoms with E-state index in [1.54, 1.807) is 6.08 Å². The van der Waals surface area contributed by atoms with Crippen LogP contribution in [0.25, 0.3) is 0 Å². The largest absolute Gasteiger partial charge is 0.345 e. The van der Waals surface area contributed by atoms with Gasteiger partial charge in [-0.15, -0.1) is 0 Å². The second-order valence-electron chi connectivity index (χ2n) is 15.8. The first-order chi connectivity index (χ1) is 18.2. The Morgan fingerprint density at radius 1 is 1.02 bits per heavy atom. The summed E-state index contributed by atoms with van der Waals surface area (Å²) in [5, 5.41) is 12.7. The maximum atomic E-state index is 14.4. The number of hydrogen-bond donors (Lipinski definition) is 1. The quantitative estimate of drug-likeness (QED) is 0.410. The van der Waals surface area contributed by atoms with Crippen molar-refractivity contribution in [2.24, 2.45) is 44.8 Å². The third kappa shape index (κ3) is 3.69. The van der Waals surface area contributed by atoms with Crippen molar-refractivity contribution in [3.05, 3.63) is 23.3 Å². The fourth-order valence-electron chi connectivity index (χ4n) is 10.2. The van der Waals surface area contributed by atoms with Crippen LogP contribution in [0.15, 0.2) is 23.3 Å². The van der Waals surface area contributed by atoms with Gasteiger partial charge in [-0.2, -0.15) is 14.0 Å². The molecule has 0 saturated heterocycles. The number of fused-ring (bicyclic) bond motifs is 7. The van der Waals surface area contributed by atoms with Crippen LogP contribution in [0.5, 0.6) is 0 Å². The van der Waals surface area contributed by atoms with Crippen LogP contribution in [0.3, 0.4) is 0 Å². The zero-order valence-electron chi connectivity index (χ0n) is 25.3. The van der Waals surface area contributed by atoms with E-state index in [1.165, 1.54) is 0 Å². The normalized spacial score (nSPS) is 43.6. The summed E-state index contributed by atoms with van der Waals surface area (Å²) in [7, 11) is 0. The third-order valence-corrected chi connectivity index (χ3v) is 12.6. The molecule has 0 aromatic heterocycles. The number of allylic oxidation sites excluding steroid dienone is 4. The number of alkyl halides is 2. The molecule has 218 valence electrons. The summed E-state index contributed by atoms with van der Waals surface area (Å²) in [5.41, 5.74) is -1.98. The molecule has 40 heavy (non-hydrogen) atoms. The maximum Gasteiger partial charge on any atom is 0.321 e. The summed E-state index contributed by atoms with van der Waals surface area (Å²) in [4.78, 5) is 40.3. The number of ketones is 2. The first-order valence-corrected chi connectivity index (χ1v) is 14.8. The van der Waals surface area contributed by atoms with Gasteiger partial charge in [0.15, 0.2) is 11.6 Å². The first-order valence-electron chi connectivity index (χ1n) is 14.8.